The molecule has 0 saturated carbocycles. The zero-order valence-corrected chi connectivity index (χ0v) is 5.82. The molecule has 5 heteroatoms. The van der Waals surface area contributed by atoms with E-state index in [1.807, 2.05) is 0 Å². The van der Waals surface area contributed by atoms with E-state index >= 15 is 0 Å². The Labute approximate surface area is 50.9 Å². The first-order valence-corrected chi connectivity index (χ1v) is 4.35. The molecule has 0 bridgehead atoms. The van der Waals surface area contributed by atoms with Crippen molar-refractivity contribution in [3.05, 3.63) is 4.91 Å². The Morgan fingerprint density at radius 2 is 2.57 bits per heavy atom. The first-order valence-electron chi connectivity index (χ1n) is 1.60. The topological polar surface area (TPSA) is 37.1 Å². The first kappa shape index (κ1) is 5.28. The molecule has 0 spiro atoms. The molecular formula is C2H2NO2SSe+. The molecule has 0 aromatic carbocycles. The van der Waals surface area contributed by atoms with Crippen molar-refractivity contribution in [2.45, 2.75) is 5.32 Å². The maximum absolute atomic E-state index is 10.2. The fourth-order valence-corrected chi connectivity index (χ4v) is 2.69. The molecule has 1 rings (SSSR count). The molecule has 0 unspecified atom stereocenters. The van der Waals surface area contributed by atoms with E-state index in [4.69, 9.17) is 0 Å². The zero-order valence-electron chi connectivity index (χ0n) is 3.29. The van der Waals surface area contributed by atoms with Crippen LogP contribution < -0.4 is 0 Å². The normalized spacial score (nSPS) is 21.1. The summed E-state index contributed by atoms with van der Waals surface area (Å²) in [7, 11) is 0. The van der Waals surface area contributed by atoms with E-state index in [9.17, 15) is 9.70 Å². The molecule has 1 aliphatic heterocycles. The van der Waals surface area contributed by atoms with Gasteiger partial charge in [-0.1, -0.05) is 0 Å². The Balaban J connectivity index is 2.55. The monoisotopic (exact) mass is 184 g/mol. The molecule has 7 heavy (non-hydrogen) atoms. The number of carbonyl (C=O) groups is 1. The van der Waals surface area contributed by atoms with Crippen LogP contribution in [0, 0.1) is 4.91 Å². The third-order valence-corrected chi connectivity index (χ3v) is 3.65. The molecule has 0 N–H and O–H groups in total. The molecule has 1 heterocycles. The van der Waals surface area contributed by atoms with Crippen molar-refractivity contribution in [1.82, 2.24) is 0 Å². The predicted molar refractivity (Wildman–Crippen MR) is 26.8 cm³/mol. The van der Waals surface area contributed by atoms with Crippen LogP contribution in [0.25, 0.3) is 0 Å². The van der Waals surface area contributed by atoms with Crippen LogP contribution in [0.1, 0.15) is 0 Å². The summed E-state index contributed by atoms with van der Waals surface area (Å²) < 4.78 is 0.759. The van der Waals surface area contributed by atoms with Crippen LogP contribution in [-0.4, -0.2) is 23.5 Å². The van der Waals surface area contributed by atoms with Gasteiger partial charge in [0.2, 0.25) is 0 Å². The number of carbonyl (C=O) groups excluding carboxylic acids is 1. The second-order valence-electron chi connectivity index (χ2n) is 0.960. The second kappa shape index (κ2) is 1.94. The number of rotatable bonds is 0. The van der Waals surface area contributed by atoms with Crippen molar-refractivity contribution >= 4 is 32.2 Å². The van der Waals surface area contributed by atoms with E-state index < -0.39 is 0 Å². The van der Waals surface area contributed by atoms with Gasteiger partial charge in [0.25, 0.3) is 0 Å². The fourth-order valence-electron chi connectivity index (χ4n) is 0.241. The third kappa shape index (κ3) is 1.26. The second-order valence-corrected chi connectivity index (χ2v) is 4.29. The van der Waals surface area contributed by atoms with Crippen molar-refractivity contribution < 1.29 is 7.98 Å². The van der Waals surface area contributed by atoms with Crippen molar-refractivity contribution in [3.8, 4) is 0 Å². The first-order chi connectivity index (χ1) is 3.29. The van der Waals surface area contributed by atoms with E-state index in [1.54, 1.807) is 0 Å². The standard InChI is InChI=1S/C2H2NO2SSe/c4-2-1-7-3(5)6-2/h1H2/q+1. The van der Waals surface area contributed by atoms with Crippen LogP contribution in [0.4, 0.5) is 0 Å². The summed E-state index contributed by atoms with van der Waals surface area (Å²) >= 11 is 0.678. The molecule has 0 amide bonds. The number of hydrogen-bond acceptors (Lipinski definition) is 3. The van der Waals surface area contributed by atoms with E-state index in [1.165, 1.54) is 0 Å². The van der Waals surface area contributed by atoms with Gasteiger partial charge in [-0.05, 0) is 0 Å². The summed E-state index contributed by atoms with van der Waals surface area (Å²) in [6, 6.07) is 0. The molecule has 0 aromatic heterocycles. The Bertz CT molecular complexity index is 111. The van der Waals surface area contributed by atoms with E-state index in [0.717, 1.165) is 15.1 Å². The number of nitrogens with zero attached hydrogens (tertiary/aromatic N) is 1. The molecule has 0 aromatic rings. The van der Waals surface area contributed by atoms with Crippen LogP contribution in [-0.2, 0) is 4.79 Å². The molecule has 1 fully saturated rings. The quantitative estimate of drug-likeness (QED) is 0.391. The summed E-state index contributed by atoms with van der Waals surface area (Å²) in [6.07, 6.45) is 0. The molecule has 0 aliphatic carbocycles. The summed E-state index contributed by atoms with van der Waals surface area (Å²) in [5, 5.41) is 0.483. The van der Waals surface area contributed by atoms with Crippen molar-refractivity contribution in [3.63, 3.8) is 0 Å². The van der Waals surface area contributed by atoms with Crippen LogP contribution in [0.3, 0.4) is 0 Å². The van der Waals surface area contributed by atoms with E-state index in [2.05, 4.69) is 0 Å². The van der Waals surface area contributed by atoms with Gasteiger partial charge in [-0.3, -0.25) is 0 Å². The molecule has 38 valence electrons. The average molecular weight is 183 g/mol. The number of nitroso groups, excluding NO2 is 1. The van der Waals surface area contributed by atoms with E-state index in [-0.39, 0.29) is 20.3 Å². The number of hydrogen-bond donors (Lipinski definition) is 0. The van der Waals surface area contributed by atoms with E-state index in [0.29, 0.717) is 5.32 Å². The minimum atomic E-state index is -0.109. The van der Waals surface area contributed by atoms with Gasteiger partial charge >= 0.3 is 50.4 Å². The SMILES string of the molecule is O=C1C[Se][N+](=O)S1. The van der Waals surface area contributed by atoms with Crippen LogP contribution in [0.2, 0.25) is 5.32 Å². The van der Waals surface area contributed by atoms with Gasteiger partial charge in [-0.15, -0.1) is 0 Å². The minimum absolute atomic E-state index is 0.00926. The zero-order chi connectivity index (χ0) is 5.28. The van der Waals surface area contributed by atoms with Gasteiger partial charge in [0.15, 0.2) is 0 Å². The summed E-state index contributed by atoms with van der Waals surface area (Å²) in [4.78, 5) is 20.3. The Morgan fingerprint density at radius 1 is 1.86 bits per heavy atom. The molecule has 0 atom stereocenters. The summed E-state index contributed by atoms with van der Waals surface area (Å²) in [5.74, 6) is 0. The van der Waals surface area contributed by atoms with Crippen molar-refractivity contribution in [1.29, 1.82) is 0 Å². The molecular weight excluding hydrogens is 181 g/mol. The Morgan fingerprint density at radius 3 is 2.71 bits per heavy atom. The van der Waals surface area contributed by atoms with Crippen LogP contribution >= 0.6 is 11.9 Å². The van der Waals surface area contributed by atoms with Gasteiger partial charge < -0.3 is 0 Å². The van der Waals surface area contributed by atoms with Crippen LogP contribution in [0.5, 0.6) is 0 Å². The molecule has 1 saturated heterocycles. The predicted octanol–water partition coefficient (Wildman–Crippen LogP) is -0.00880. The maximum atomic E-state index is 10.2. The fraction of sp³-hybridized carbons (Fsp3) is 0.500. The van der Waals surface area contributed by atoms with Gasteiger partial charge in [-0.2, -0.15) is 0 Å². The van der Waals surface area contributed by atoms with Gasteiger partial charge in [0.05, 0.1) is 0 Å². The Kier molecular flexibility index (Phi) is 1.46. The van der Waals surface area contributed by atoms with Gasteiger partial charge in [0, 0.05) is 0 Å². The van der Waals surface area contributed by atoms with Gasteiger partial charge in [0.1, 0.15) is 0 Å². The third-order valence-electron chi connectivity index (χ3n) is 0.464. The summed E-state index contributed by atoms with van der Waals surface area (Å²) in [5.41, 5.74) is 0. The summed E-state index contributed by atoms with van der Waals surface area (Å²) in [6.45, 7) is 0. The van der Waals surface area contributed by atoms with Gasteiger partial charge in [-0.25, -0.2) is 0 Å². The molecule has 3 nitrogen and oxygen atoms in total. The Hall–Kier alpha value is 0.139. The molecule has 0 radical (unpaired) electrons. The van der Waals surface area contributed by atoms with Crippen LogP contribution in [0.15, 0.2) is 0 Å². The van der Waals surface area contributed by atoms with Crippen molar-refractivity contribution in [2.24, 2.45) is 0 Å². The molecule has 1 aliphatic rings. The van der Waals surface area contributed by atoms with Crippen molar-refractivity contribution in [2.75, 3.05) is 0 Å². The average Bonchev–Trinajstić information content (AvgIpc) is 1.87.